The van der Waals surface area contributed by atoms with Crippen LogP contribution in [0.2, 0.25) is 0 Å². The number of rotatable bonds is 0. The highest BCUT2D eigenvalue weighted by Crippen LogP contribution is 2.49. The third-order valence-electron chi connectivity index (χ3n) is 2.38. The van der Waals surface area contributed by atoms with Crippen LogP contribution < -0.4 is 0 Å². The fourth-order valence-electron chi connectivity index (χ4n) is 1.53. The largest absolute Gasteiger partial charge is 0.381 e. The maximum absolute atomic E-state index is 5.18. The molecule has 1 heteroatoms. The standard InChI is InChI=1S/C6H10O/c1-4-5-2-7-3-6(4)5/h4-6H,2-3H2,1H3/t4-,5+,6-. The van der Waals surface area contributed by atoms with Crippen molar-refractivity contribution >= 4 is 0 Å². The Bertz CT molecular complexity index is 80.2. The van der Waals surface area contributed by atoms with Crippen LogP contribution in [0.5, 0.6) is 0 Å². The van der Waals surface area contributed by atoms with Crippen molar-refractivity contribution in [2.24, 2.45) is 17.8 Å². The van der Waals surface area contributed by atoms with E-state index in [1.165, 1.54) is 0 Å². The molecule has 0 N–H and O–H groups in total. The number of hydrogen-bond acceptors (Lipinski definition) is 1. The summed E-state index contributed by atoms with van der Waals surface area (Å²) in [6.07, 6.45) is 0. The Morgan fingerprint density at radius 2 is 1.86 bits per heavy atom. The van der Waals surface area contributed by atoms with E-state index in [1.807, 2.05) is 0 Å². The van der Waals surface area contributed by atoms with Gasteiger partial charge in [-0.1, -0.05) is 6.92 Å². The van der Waals surface area contributed by atoms with Crippen molar-refractivity contribution < 1.29 is 4.74 Å². The van der Waals surface area contributed by atoms with Crippen molar-refractivity contribution in [3.05, 3.63) is 0 Å². The highest BCUT2D eigenvalue weighted by molar-refractivity contribution is 4.97. The van der Waals surface area contributed by atoms with Gasteiger partial charge in [-0.2, -0.15) is 0 Å². The minimum Gasteiger partial charge on any atom is -0.381 e. The lowest BCUT2D eigenvalue weighted by Crippen LogP contribution is -1.93. The minimum atomic E-state index is 0.958. The summed E-state index contributed by atoms with van der Waals surface area (Å²) >= 11 is 0. The Morgan fingerprint density at radius 3 is 2.14 bits per heavy atom. The molecule has 2 rings (SSSR count). The summed E-state index contributed by atoms with van der Waals surface area (Å²) in [5, 5.41) is 0. The zero-order valence-electron chi connectivity index (χ0n) is 4.55. The molecular formula is C6H10O. The van der Waals surface area contributed by atoms with E-state index in [0.29, 0.717) is 0 Å². The topological polar surface area (TPSA) is 9.23 Å². The van der Waals surface area contributed by atoms with Gasteiger partial charge in [-0.3, -0.25) is 0 Å². The summed E-state index contributed by atoms with van der Waals surface area (Å²) in [5.74, 6) is 2.91. The van der Waals surface area contributed by atoms with Crippen LogP contribution in [0.4, 0.5) is 0 Å². The summed E-state index contributed by atoms with van der Waals surface area (Å²) in [7, 11) is 0. The van der Waals surface area contributed by atoms with Crippen LogP contribution in [0.3, 0.4) is 0 Å². The van der Waals surface area contributed by atoms with Gasteiger partial charge < -0.3 is 4.74 Å². The second kappa shape index (κ2) is 1.03. The maximum atomic E-state index is 5.18. The van der Waals surface area contributed by atoms with Crippen molar-refractivity contribution in [1.82, 2.24) is 0 Å². The Balaban J connectivity index is 2.06. The van der Waals surface area contributed by atoms with Crippen LogP contribution in [0.1, 0.15) is 6.92 Å². The quantitative estimate of drug-likeness (QED) is 0.437. The van der Waals surface area contributed by atoms with E-state index in [4.69, 9.17) is 4.74 Å². The Kier molecular flexibility index (Phi) is 0.571. The number of fused-ring (bicyclic) bond motifs is 1. The highest BCUT2D eigenvalue weighted by Gasteiger charge is 2.50. The molecule has 1 heterocycles. The van der Waals surface area contributed by atoms with Crippen molar-refractivity contribution in [1.29, 1.82) is 0 Å². The molecule has 0 spiro atoms. The Morgan fingerprint density at radius 1 is 1.29 bits per heavy atom. The normalized spacial score (nSPS) is 57.0. The van der Waals surface area contributed by atoms with Gasteiger partial charge in [-0.25, -0.2) is 0 Å². The summed E-state index contributed by atoms with van der Waals surface area (Å²) in [5.41, 5.74) is 0. The van der Waals surface area contributed by atoms with Crippen LogP contribution in [-0.4, -0.2) is 13.2 Å². The van der Waals surface area contributed by atoms with E-state index < -0.39 is 0 Å². The van der Waals surface area contributed by atoms with Crippen LogP contribution in [0.15, 0.2) is 0 Å². The molecule has 1 saturated heterocycles. The van der Waals surface area contributed by atoms with Gasteiger partial charge in [0, 0.05) is 0 Å². The summed E-state index contributed by atoms with van der Waals surface area (Å²) in [6, 6.07) is 0. The maximum Gasteiger partial charge on any atom is 0.0500 e. The number of hydrogen-bond donors (Lipinski definition) is 0. The first-order valence-corrected chi connectivity index (χ1v) is 2.97. The molecule has 0 aromatic rings. The van der Waals surface area contributed by atoms with E-state index in [9.17, 15) is 0 Å². The van der Waals surface area contributed by atoms with Crippen molar-refractivity contribution in [3.63, 3.8) is 0 Å². The van der Waals surface area contributed by atoms with Gasteiger partial charge in [0.1, 0.15) is 0 Å². The molecule has 2 fully saturated rings. The van der Waals surface area contributed by atoms with Gasteiger partial charge in [0.05, 0.1) is 13.2 Å². The van der Waals surface area contributed by atoms with E-state index >= 15 is 0 Å². The van der Waals surface area contributed by atoms with Gasteiger partial charge in [0.15, 0.2) is 0 Å². The Labute approximate surface area is 43.7 Å². The van der Waals surface area contributed by atoms with Crippen molar-refractivity contribution in [2.75, 3.05) is 13.2 Å². The zero-order valence-corrected chi connectivity index (χ0v) is 4.55. The molecule has 0 radical (unpaired) electrons. The monoisotopic (exact) mass is 98.1 g/mol. The van der Waals surface area contributed by atoms with E-state index in [-0.39, 0.29) is 0 Å². The van der Waals surface area contributed by atoms with E-state index in [2.05, 4.69) is 6.92 Å². The van der Waals surface area contributed by atoms with Gasteiger partial charge in [0.2, 0.25) is 0 Å². The molecule has 2 aliphatic rings. The third-order valence-corrected chi connectivity index (χ3v) is 2.38. The van der Waals surface area contributed by atoms with Crippen LogP contribution in [-0.2, 0) is 4.74 Å². The lowest BCUT2D eigenvalue weighted by atomic mass is 10.4. The molecule has 0 aromatic heterocycles. The van der Waals surface area contributed by atoms with Gasteiger partial charge in [0.25, 0.3) is 0 Å². The third kappa shape index (κ3) is 0.367. The van der Waals surface area contributed by atoms with E-state index in [1.54, 1.807) is 0 Å². The molecule has 1 nitrogen and oxygen atoms in total. The van der Waals surface area contributed by atoms with Crippen molar-refractivity contribution in [2.45, 2.75) is 6.92 Å². The fraction of sp³-hybridized carbons (Fsp3) is 1.00. The Hall–Kier alpha value is -0.0400. The SMILES string of the molecule is C[C@H]1[C@H]2COC[C@@H]12. The molecule has 1 aliphatic heterocycles. The summed E-state index contributed by atoms with van der Waals surface area (Å²) in [6.45, 7) is 4.41. The van der Waals surface area contributed by atoms with E-state index in [0.717, 1.165) is 31.0 Å². The number of ether oxygens (including phenoxy) is 1. The average molecular weight is 98.1 g/mol. The molecule has 0 aromatic carbocycles. The molecule has 7 heavy (non-hydrogen) atoms. The van der Waals surface area contributed by atoms with Crippen LogP contribution in [0.25, 0.3) is 0 Å². The first kappa shape index (κ1) is 3.90. The molecule has 3 atom stereocenters. The summed E-state index contributed by atoms with van der Waals surface area (Å²) in [4.78, 5) is 0. The minimum absolute atomic E-state index is 0.958. The average Bonchev–Trinajstić information content (AvgIpc) is 2.26. The molecular weight excluding hydrogens is 88.1 g/mol. The molecule has 0 bridgehead atoms. The van der Waals surface area contributed by atoms with Crippen molar-refractivity contribution in [3.8, 4) is 0 Å². The summed E-state index contributed by atoms with van der Waals surface area (Å²) < 4.78 is 5.18. The van der Waals surface area contributed by atoms with Crippen LogP contribution in [0, 0.1) is 17.8 Å². The lowest BCUT2D eigenvalue weighted by molar-refractivity contribution is 0.154. The molecule has 1 saturated carbocycles. The van der Waals surface area contributed by atoms with Gasteiger partial charge in [-0.15, -0.1) is 0 Å². The molecule has 1 aliphatic carbocycles. The highest BCUT2D eigenvalue weighted by atomic mass is 16.5. The predicted molar refractivity (Wildman–Crippen MR) is 27.0 cm³/mol. The second-order valence-electron chi connectivity index (χ2n) is 2.72. The molecule has 0 unspecified atom stereocenters. The predicted octanol–water partition coefficient (Wildman–Crippen LogP) is 0.899. The van der Waals surface area contributed by atoms with Gasteiger partial charge >= 0.3 is 0 Å². The first-order valence-electron chi connectivity index (χ1n) is 2.97. The lowest BCUT2D eigenvalue weighted by Gasteiger charge is -1.93. The van der Waals surface area contributed by atoms with Gasteiger partial charge in [-0.05, 0) is 17.8 Å². The van der Waals surface area contributed by atoms with Crippen LogP contribution >= 0.6 is 0 Å². The first-order chi connectivity index (χ1) is 3.39. The zero-order chi connectivity index (χ0) is 4.85. The molecule has 0 amide bonds. The second-order valence-corrected chi connectivity index (χ2v) is 2.72. The fourth-order valence-corrected chi connectivity index (χ4v) is 1.53. The molecule has 40 valence electrons. The smallest absolute Gasteiger partial charge is 0.0500 e.